The van der Waals surface area contributed by atoms with Gasteiger partial charge in [-0.1, -0.05) is 12.5 Å². The minimum atomic E-state index is -0.212. The molecule has 21 heavy (non-hydrogen) atoms. The zero-order chi connectivity index (χ0) is 14.8. The Kier molecular flexibility index (Phi) is 3.70. The monoisotopic (exact) mass is 286 g/mol. The van der Waals surface area contributed by atoms with E-state index in [1.807, 2.05) is 0 Å². The van der Waals surface area contributed by atoms with Crippen LogP contribution in [0, 0.1) is 5.92 Å². The van der Waals surface area contributed by atoms with E-state index in [2.05, 4.69) is 15.3 Å². The Morgan fingerprint density at radius 3 is 3.05 bits per heavy atom. The number of amides is 1. The van der Waals surface area contributed by atoms with Crippen molar-refractivity contribution in [2.75, 3.05) is 5.32 Å². The number of nitrogens with two attached hydrogens (primary N) is 1. The van der Waals surface area contributed by atoms with Gasteiger partial charge in [-0.15, -0.1) is 0 Å². The van der Waals surface area contributed by atoms with Gasteiger partial charge in [-0.25, -0.2) is 4.98 Å². The van der Waals surface area contributed by atoms with Crippen LogP contribution in [0.2, 0.25) is 0 Å². The fraction of sp³-hybridized carbons (Fsp3) is 0.400. The lowest BCUT2D eigenvalue weighted by Gasteiger charge is -2.25. The maximum atomic E-state index is 12.4. The fourth-order valence-corrected chi connectivity index (χ4v) is 2.90. The molecular weight excluding hydrogens is 268 g/mol. The molecule has 1 heterocycles. The third-order valence-electron chi connectivity index (χ3n) is 4.01. The van der Waals surface area contributed by atoms with E-state index in [4.69, 9.17) is 5.73 Å². The molecule has 0 spiro atoms. The molecule has 0 aliphatic heterocycles. The summed E-state index contributed by atoms with van der Waals surface area (Å²) >= 11 is 0. The van der Waals surface area contributed by atoms with Crippen LogP contribution in [0.1, 0.15) is 25.7 Å². The third kappa shape index (κ3) is 2.80. The standard InChI is InChI=1S/C15H18N4O2/c16-10-4-1-3-9(7-10)14(20)19-12-6-2-5-11-13(12)17-8-18-15(11)21/h2,5-6,8-10H,1,3-4,7,16H2,(H,19,20)(H,17,18,21)/t9-,10-/m0/s1. The van der Waals surface area contributed by atoms with Gasteiger partial charge in [-0.05, 0) is 31.4 Å². The van der Waals surface area contributed by atoms with Crippen LogP contribution in [0.25, 0.3) is 10.9 Å². The Bertz CT molecular complexity index is 725. The highest BCUT2D eigenvalue weighted by atomic mass is 16.2. The van der Waals surface area contributed by atoms with Gasteiger partial charge in [0.2, 0.25) is 5.91 Å². The average molecular weight is 286 g/mol. The van der Waals surface area contributed by atoms with E-state index in [-0.39, 0.29) is 23.4 Å². The average Bonchev–Trinajstić information content (AvgIpc) is 2.48. The first-order valence-electron chi connectivity index (χ1n) is 7.18. The van der Waals surface area contributed by atoms with E-state index < -0.39 is 0 Å². The molecule has 1 aromatic heterocycles. The number of fused-ring (bicyclic) bond motifs is 1. The largest absolute Gasteiger partial charge is 0.328 e. The SMILES string of the molecule is N[C@H]1CCC[C@H](C(=O)Nc2cccc3c(=O)[nH]cnc23)C1. The number of anilines is 1. The van der Waals surface area contributed by atoms with E-state index in [9.17, 15) is 9.59 Å². The van der Waals surface area contributed by atoms with Gasteiger partial charge >= 0.3 is 0 Å². The number of carbonyl (C=O) groups excluding carboxylic acids is 1. The predicted octanol–water partition coefficient (Wildman–Crippen LogP) is 1.38. The summed E-state index contributed by atoms with van der Waals surface area (Å²) in [6.45, 7) is 0. The molecule has 110 valence electrons. The number of para-hydroxylation sites is 1. The number of hydrogen-bond donors (Lipinski definition) is 3. The van der Waals surface area contributed by atoms with Gasteiger partial charge < -0.3 is 16.0 Å². The van der Waals surface area contributed by atoms with Crippen molar-refractivity contribution in [1.82, 2.24) is 9.97 Å². The molecule has 1 aromatic carbocycles. The summed E-state index contributed by atoms with van der Waals surface area (Å²) in [7, 11) is 0. The molecule has 4 N–H and O–H groups in total. The topological polar surface area (TPSA) is 101 Å². The molecule has 1 aliphatic rings. The Morgan fingerprint density at radius 1 is 1.38 bits per heavy atom. The molecule has 2 aromatic rings. The van der Waals surface area contributed by atoms with Gasteiger partial charge in [-0.3, -0.25) is 9.59 Å². The van der Waals surface area contributed by atoms with Crippen LogP contribution in [-0.2, 0) is 4.79 Å². The smallest absolute Gasteiger partial charge is 0.258 e. The van der Waals surface area contributed by atoms with Crippen LogP contribution in [0.3, 0.4) is 0 Å². The number of nitrogens with one attached hydrogen (secondary N) is 2. The van der Waals surface area contributed by atoms with Crippen molar-refractivity contribution < 1.29 is 4.79 Å². The first-order valence-corrected chi connectivity index (χ1v) is 7.18. The van der Waals surface area contributed by atoms with Gasteiger partial charge in [-0.2, -0.15) is 0 Å². The maximum absolute atomic E-state index is 12.4. The predicted molar refractivity (Wildman–Crippen MR) is 80.9 cm³/mol. The Labute approximate surface area is 121 Å². The molecule has 1 aliphatic carbocycles. The van der Waals surface area contributed by atoms with E-state index in [0.717, 1.165) is 19.3 Å². The van der Waals surface area contributed by atoms with Crippen molar-refractivity contribution in [3.8, 4) is 0 Å². The maximum Gasteiger partial charge on any atom is 0.258 e. The van der Waals surface area contributed by atoms with Crippen molar-refractivity contribution in [3.63, 3.8) is 0 Å². The van der Waals surface area contributed by atoms with Crippen LogP contribution in [0.4, 0.5) is 5.69 Å². The minimum absolute atomic E-state index is 0.0419. The second kappa shape index (κ2) is 5.65. The fourth-order valence-electron chi connectivity index (χ4n) is 2.90. The number of H-pyrrole nitrogens is 1. The highest BCUT2D eigenvalue weighted by Gasteiger charge is 2.25. The van der Waals surface area contributed by atoms with Crippen molar-refractivity contribution in [1.29, 1.82) is 0 Å². The van der Waals surface area contributed by atoms with Crippen LogP contribution in [0.5, 0.6) is 0 Å². The number of aromatic nitrogens is 2. The first kappa shape index (κ1) is 13.8. The summed E-state index contributed by atoms with van der Waals surface area (Å²) in [5.74, 6) is -0.106. The molecule has 3 rings (SSSR count). The van der Waals surface area contributed by atoms with Gasteiger partial charge in [0.05, 0.1) is 17.4 Å². The second-order valence-electron chi connectivity index (χ2n) is 5.55. The van der Waals surface area contributed by atoms with E-state index in [1.165, 1.54) is 6.33 Å². The zero-order valence-electron chi connectivity index (χ0n) is 11.6. The summed E-state index contributed by atoms with van der Waals surface area (Å²) in [5.41, 5.74) is 6.80. The lowest BCUT2D eigenvalue weighted by atomic mass is 9.85. The van der Waals surface area contributed by atoms with E-state index >= 15 is 0 Å². The number of aromatic amines is 1. The molecule has 6 nitrogen and oxygen atoms in total. The Morgan fingerprint density at radius 2 is 2.24 bits per heavy atom. The van der Waals surface area contributed by atoms with Crippen LogP contribution >= 0.6 is 0 Å². The Hall–Kier alpha value is -2.21. The van der Waals surface area contributed by atoms with E-state index in [1.54, 1.807) is 18.2 Å². The molecule has 0 bridgehead atoms. The van der Waals surface area contributed by atoms with Crippen molar-refractivity contribution in [3.05, 3.63) is 34.9 Å². The van der Waals surface area contributed by atoms with Crippen molar-refractivity contribution in [2.24, 2.45) is 11.7 Å². The van der Waals surface area contributed by atoms with Crippen LogP contribution in [0.15, 0.2) is 29.3 Å². The molecule has 0 saturated heterocycles. The molecule has 1 saturated carbocycles. The number of hydrogen-bond acceptors (Lipinski definition) is 4. The summed E-state index contributed by atoms with van der Waals surface area (Å²) < 4.78 is 0. The zero-order valence-corrected chi connectivity index (χ0v) is 11.6. The summed E-state index contributed by atoms with van der Waals surface area (Å²) in [5, 5.41) is 3.36. The van der Waals surface area contributed by atoms with Crippen LogP contribution in [-0.4, -0.2) is 21.9 Å². The molecule has 6 heteroatoms. The van der Waals surface area contributed by atoms with Gasteiger partial charge in [0.15, 0.2) is 0 Å². The highest BCUT2D eigenvalue weighted by Crippen LogP contribution is 2.25. The molecule has 0 unspecified atom stereocenters. The molecular formula is C15H18N4O2. The third-order valence-corrected chi connectivity index (χ3v) is 4.01. The first-order chi connectivity index (χ1) is 10.1. The minimum Gasteiger partial charge on any atom is -0.328 e. The number of rotatable bonds is 2. The molecule has 1 fully saturated rings. The molecule has 0 radical (unpaired) electrons. The van der Waals surface area contributed by atoms with Gasteiger partial charge in [0, 0.05) is 12.0 Å². The van der Waals surface area contributed by atoms with Gasteiger partial charge in [0.1, 0.15) is 5.52 Å². The van der Waals surface area contributed by atoms with Gasteiger partial charge in [0.25, 0.3) is 5.56 Å². The second-order valence-corrected chi connectivity index (χ2v) is 5.55. The summed E-state index contributed by atoms with van der Waals surface area (Å²) in [6.07, 6.45) is 4.88. The van der Waals surface area contributed by atoms with E-state index in [0.29, 0.717) is 23.0 Å². The summed E-state index contributed by atoms with van der Waals surface area (Å²) in [4.78, 5) is 30.8. The number of benzene rings is 1. The quantitative estimate of drug-likeness (QED) is 0.776. The molecule has 2 atom stereocenters. The summed E-state index contributed by atoms with van der Waals surface area (Å²) in [6, 6.07) is 5.28. The van der Waals surface area contributed by atoms with Crippen molar-refractivity contribution in [2.45, 2.75) is 31.7 Å². The molecule has 1 amide bonds. The lowest BCUT2D eigenvalue weighted by Crippen LogP contribution is -2.34. The Balaban J connectivity index is 1.86. The normalized spacial score (nSPS) is 22.1. The lowest BCUT2D eigenvalue weighted by molar-refractivity contribution is -0.120. The number of carbonyl (C=O) groups is 1. The van der Waals surface area contributed by atoms with Crippen LogP contribution < -0.4 is 16.6 Å². The van der Waals surface area contributed by atoms with Crippen molar-refractivity contribution >= 4 is 22.5 Å². The number of nitrogens with zero attached hydrogens (tertiary/aromatic N) is 1. The highest BCUT2D eigenvalue weighted by molar-refractivity contribution is 6.00.